The van der Waals surface area contributed by atoms with Crippen LogP contribution in [0.2, 0.25) is 19.1 Å². The van der Waals surface area contributed by atoms with Gasteiger partial charge in [0, 0.05) is 0 Å². The van der Waals surface area contributed by atoms with Crippen LogP contribution in [0, 0.1) is 0 Å². The lowest BCUT2D eigenvalue weighted by Gasteiger charge is -2.11. The topological polar surface area (TPSA) is 0 Å². The van der Waals surface area contributed by atoms with E-state index in [0.717, 1.165) is 0 Å². The minimum atomic E-state index is -1.31. The highest BCUT2D eigenvalue weighted by Gasteiger charge is 2.15. The van der Waals surface area contributed by atoms with Gasteiger partial charge in [0.25, 0.3) is 0 Å². The van der Waals surface area contributed by atoms with Gasteiger partial charge in [0.05, 0.1) is 0 Å². The molecule has 1 aromatic carbocycles. The molecule has 0 spiro atoms. The molecule has 0 unspecified atom stereocenters. The van der Waals surface area contributed by atoms with Crippen molar-refractivity contribution >= 4 is 18.5 Å². The van der Waals surface area contributed by atoms with Crippen molar-refractivity contribution in [2.24, 2.45) is 0 Å². The van der Waals surface area contributed by atoms with Crippen molar-refractivity contribution in [2.75, 3.05) is 0 Å². The SMILES string of the molecule is C[Si](C)(Cl)CCCCCc1ccccc1. The lowest BCUT2D eigenvalue weighted by Crippen LogP contribution is -2.14. The Balaban J connectivity index is 2.08. The molecule has 0 fully saturated rings. The Labute approximate surface area is 99.4 Å². The average molecular weight is 241 g/mol. The quantitative estimate of drug-likeness (QED) is 0.379. The standard InChI is InChI=1S/C13H21ClSi/c1-15(2,14)12-8-4-7-11-13-9-5-3-6-10-13/h3,5-6,9-10H,4,7-8,11-12H2,1-2H3. The van der Waals surface area contributed by atoms with E-state index in [1.807, 2.05) is 0 Å². The Kier molecular flexibility index (Phi) is 5.41. The van der Waals surface area contributed by atoms with Gasteiger partial charge >= 0.3 is 0 Å². The smallest absolute Gasteiger partial charge is 0.150 e. The summed E-state index contributed by atoms with van der Waals surface area (Å²) in [6.07, 6.45) is 5.13. The molecule has 0 saturated carbocycles. The van der Waals surface area contributed by atoms with Crippen molar-refractivity contribution in [3.8, 4) is 0 Å². The molecule has 0 aliphatic carbocycles. The van der Waals surface area contributed by atoms with Crippen LogP contribution >= 0.6 is 11.1 Å². The molecule has 0 bridgehead atoms. The summed E-state index contributed by atoms with van der Waals surface area (Å²) in [6, 6.07) is 12.0. The molecule has 0 saturated heterocycles. The highest BCUT2D eigenvalue weighted by Crippen LogP contribution is 2.18. The van der Waals surface area contributed by atoms with Gasteiger partial charge < -0.3 is 0 Å². The molecule has 0 aromatic heterocycles. The predicted molar refractivity (Wildman–Crippen MR) is 72.1 cm³/mol. The summed E-state index contributed by atoms with van der Waals surface area (Å²) >= 11 is 6.27. The summed E-state index contributed by atoms with van der Waals surface area (Å²) in [5.41, 5.74) is 1.46. The number of benzene rings is 1. The molecule has 0 radical (unpaired) electrons. The fourth-order valence-corrected chi connectivity index (χ4v) is 3.19. The van der Waals surface area contributed by atoms with E-state index < -0.39 is 7.38 Å². The number of unbranched alkanes of at least 4 members (excludes halogenated alkanes) is 2. The summed E-state index contributed by atoms with van der Waals surface area (Å²) in [7, 11) is -1.31. The normalized spacial score (nSPS) is 11.7. The highest BCUT2D eigenvalue weighted by atomic mass is 35.6. The molecule has 0 amide bonds. The van der Waals surface area contributed by atoms with Gasteiger partial charge in [-0.15, -0.1) is 0 Å². The van der Waals surface area contributed by atoms with Crippen molar-refractivity contribution in [3.05, 3.63) is 35.9 Å². The number of rotatable bonds is 6. The first-order chi connectivity index (χ1) is 7.08. The van der Waals surface area contributed by atoms with Gasteiger partial charge in [0.2, 0.25) is 0 Å². The van der Waals surface area contributed by atoms with Gasteiger partial charge in [-0.1, -0.05) is 56.3 Å². The van der Waals surface area contributed by atoms with Gasteiger partial charge in [-0.25, -0.2) is 0 Å². The monoisotopic (exact) mass is 240 g/mol. The van der Waals surface area contributed by atoms with Crippen molar-refractivity contribution < 1.29 is 0 Å². The molecule has 1 rings (SSSR count). The summed E-state index contributed by atoms with van der Waals surface area (Å²) in [5.74, 6) is 0. The third-order valence-electron chi connectivity index (χ3n) is 2.58. The second-order valence-corrected chi connectivity index (χ2v) is 11.8. The number of aryl methyl sites for hydroxylation is 1. The van der Waals surface area contributed by atoms with Crippen LogP contribution < -0.4 is 0 Å². The van der Waals surface area contributed by atoms with E-state index in [1.54, 1.807) is 0 Å². The molecule has 84 valence electrons. The first-order valence-corrected chi connectivity index (χ1v) is 10.0. The van der Waals surface area contributed by atoms with Crippen LogP contribution in [-0.2, 0) is 6.42 Å². The van der Waals surface area contributed by atoms with Crippen molar-refractivity contribution in [1.82, 2.24) is 0 Å². The van der Waals surface area contributed by atoms with Crippen LogP contribution in [0.4, 0.5) is 0 Å². The van der Waals surface area contributed by atoms with Crippen LogP contribution in [0.3, 0.4) is 0 Å². The molecule has 15 heavy (non-hydrogen) atoms. The first-order valence-electron chi connectivity index (χ1n) is 5.81. The van der Waals surface area contributed by atoms with Gasteiger partial charge in [-0.05, 0) is 24.4 Å². The predicted octanol–water partition coefficient (Wildman–Crippen LogP) is 4.84. The Morgan fingerprint density at radius 1 is 1.00 bits per heavy atom. The van der Waals surface area contributed by atoms with Crippen molar-refractivity contribution in [2.45, 2.75) is 44.8 Å². The van der Waals surface area contributed by atoms with Crippen molar-refractivity contribution in [1.29, 1.82) is 0 Å². The molecule has 0 nitrogen and oxygen atoms in total. The van der Waals surface area contributed by atoms with Gasteiger partial charge in [-0.2, -0.15) is 11.1 Å². The van der Waals surface area contributed by atoms with E-state index >= 15 is 0 Å². The van der Waals surface area contributed by atoms with Crippen LogP contribution in [0.25, 0.3) is 0 Å². The molecule has 0 heterocycles. The average Bonchev–Trinajstić information content (AvgIpc) is 2.17. The Morgan fingerprint density at radius 3 is 2.27 bits per heavy atom. The van der Waals surface area contributed by atoms with Crippen LogP contribution in [0.1, 0.15) is 24.8 Å². The molecule has 0 N–H and O–H groups in total. The minimum absolute atomic E-state index is 1.21. The van der Waals surface area contributed by atoms with E-state index in [1.165, 1.54) is 37.3 Å². The second kappa shape index (κ2) is 6.34. The molecule has 0 atom stereocenters. The molecular weight excluding hydrogens is 220 g/mol. The first kappa shape index (κ1) is 12.8. The Hall–Kier alpha value is -0.273. The zero-order chi connectivity index (χ0) is 11.1. The molecular formula is C13H21ClSi. The lowest BCUT2D eigenvalue weighted by molar-refractivity contribution is 0.713. The summed E-state index contributed by atoms with van der Waals surface area (Å²) in [6.45, 7) is 4.46. The third-order valence-corrected chi connectivity index (χ3v) is 4.69. The van der Waals surface area contributed by atoms with E-state index in [9.17, 15) is 0 Å². The molecule has 2 heteroatoms. The maximum atomic E-state index is 6.27. The van der Waals surface area contributed by atoms with E-state index in [0.29, 0.717) is 0 Å². The molecule has 0 aliphatic heterocycles. The maximum Gasteiger partial charge on any atom is 0.150 e. The zero-order valence-corrected chi connectivity index (χ0v) is 11.6. The summed E-state index contributed by atoms with van der Waals surface area (Å²) in [4.78, 5) is 0. The maximum absolute atomic E-state index is 6.27. The Morgan fingerprint density at radius 2 is 1.67 bits per heavy atom. The third kappa shape index (κ3) is 6.75. The number of hydrogen-bond acceptors (Lipinski definition) is 0. The highest BCUT2D eigenvalue weighted by molar-refractivity contribution is 7.19. The fourth-order valence-electron chi connectivity index (χ4n) is 1.70. The van der Waals surface area contributed by atoms with E-state index in [2.05, 4.69) is 43.4 Å². The largest absolute Gasteiger partial charge is 0.168 e. The van der Waals surface area contributed by atoms with Gasteiger partial charge in [0.15, 0.2) is 0 Å². The number of hydrogen-bond donors (Lipinski definition) is 0. The molecule has 0 aliphatic rings. The van der Waals surface area contributed by atoms with Gasteiger partial charge in [0.1, 0.15) is 7.38 Å². The lowest BCUT2D eigenvalue weighted by atomic mass is 10.1. The van der Waals surface area contributed by atoms with Crippen LogP contribution in [-0.4, -0.2) is 7.38 Å². The van der Waals surface area contributed by atoms with Gasteiger partial charge in [-0.3, -0.25) is 0 Å². The molecule has 1 aromatic rings. The van der Waals surface area contributed by atoms with Crippen LogP contribution in [0.15, 0.2) is 30.3 Å². The summed E-state index contributed by atoms with van der Waals surface area (Å²) < 4.78 is 0. The zero-order valence-electron chi connectivity index (χ0n) is 9.80. The van der Waals surface area contributed by atoms with E-state index in [-0.39, 0.29) is 0 Å². The minimum Gasteiger partial charge on any atom is -0.168 e. The fraction of sp³-hybridized carbons (Fsp3) is 0.538. The van der Waals surface area contributed by atoms with Crippen LogP contribution in [0.5, 0.6) is 0 Å². The Bertz CT molecular complexity index is 264. The number of halogens is 1. The van der Waals surface area contributed by atoms with E-state index in [4.69, 9.17) is 11.1 Å². The second-order valence-electron chi connectivity index (χ2n) is 4.76. The van der Waals surface area contributed by atoms with Crippen molar-refractivity contribution in [3.63, 3.8) is 0 Å². The summed E-state index contributed by atoms with van der Waals surface area (Å²) in [5, 5.41) is 0.